The minimum Gasteiger partial charge on any atom is -0.353 e. The third kappa shape index (κ3) is 4.23. The molecule has 1 N–H and O–H groups in total. The lowest BCUT2D eigenvalue weighted by atomic mass is 10.1. The summed E-state index contributed by atoms with van der Waals surface area (Å²) in [5.41, 5.74) is 1.12. The van der Waals surface area contributed by atoms with Crippen LogP contribution in [0.15, 0.2) is 65.7 Å². The molecule has 0 amide bonds. The number of piperazine rings is 1. The zero-order valence-corrected chi connectivity index (χ0v) is 17.8. The van der Waals surface area contributed by atoms with Crippen molar-refractivity contribution in [1.82, 2.24) is 19.1 Å². The molecular formula is C22H28N4O2S. The molecule has 1 fully saturated rings. The Morgan fingerprint density at radius 1 is 0.931 bits per heavy atom. The van der Waals surface area contributed by atoms with Gasteiger partial charge in [-0.05, 0) is 30.6 Å². The van der Waals surface area contributed by atoms with E-state index in [1.165, 1.54) is 0 Å². The van der Waals surface area contributed by atoms with E-state index in [1.54, 1.807) is 12.1 Å². The topological polar surface area (TPSA) is 57.6 Å². The van der Waals surface area contributed by atoms with Crippen molar-refractivity contribution in [2.45, 2.75) is 10.9 Å². The second-order valence-electron chi connectivity index (χ2n) is 7.73. The average Bonchev–Trinajstić information content (AvgIpc) is 3.14. The van der Waals surface area contributed by atoms with E-state index in [0.29, 0.717) is 11.4 Å². The van der Waals surface area contributed by atoms with E-state index in [9.17, 15) is 8.42 Å². The van der Waals surface area contributed by atoms with Crippen molar-refractivity contribution in [2.75, 3.05) is 39.8 Å². The minimum absolute atomic E-state index is 0.00606. The molecule has 1 unspecified atom stereocenters. The van der Waals surface area contributed by atoms with E-state index in [4.69, 9.17) is 0 Å². The van der Waals surface area contributed by atoms with Crippen LogP contribution in [0.3, 0.4) is 0 Å². The van der Waals surface area contributed by atoms with E-state index in [2.05, 4.69) is 32.2 Å². The lowest BCUT2D eigenvalue weighted by Crippen LogP contribution is -2.48. The van der Waals surface area contributed by atoms with E-state index >= 15 is 0 Å². The van der Waals surface area contributed by atoms with Crippen LogP contribution in [0.25, 0.3) is 10.8 Å². The maximum Gasteiger partial charge on any atom is 0.241 e. The summed E-state index contributed by atoms with van der Waals surface area (Å²) in [6.45, 7) is 4.14. The molecule has 4 rings (SSSR count). The quantitative estimate of drug-likeness (QED) is 0.676. The van der Waals surface area contributed by atoms with Gasteiger partial charge in [-0.3, -0.25) is 4.90 Å². The van der Waals surface area contributed by atoms with E-state index in [1.807, 2.05) is 49.6 Å². The van der Waals surface area contributed by atoms with Gasteiger partial charge in [-0.25, -0.2) is 13.1 Å². The molecule has 0 bridgehead atoms. The molecule has 154 valence electrons. The number of hydrogen-bond donors (Lipinski definition) is 1. The van der Waals surface area contributed by atoms with Crippen LogP contribution in [0, 0.1) is 0 Å². The summed E-state index contributed by atoms with van der Waals surface area (Å²) in [7, 11) is 0.503. The van der Waals surface area contributed by atoms with E-state index in [0.717, 1.165) is 42.6 Å². The number of likely N-dealkylation sites (N-methyl/N-ethyl adjacent to an activating group) is 1. The Bertz CT molecular complexity index is 1080. The first-order valence-electron chi connectivity index (χ1n) is 9.97. The summed E-state index contributed by atoms with van der Waals surface area (Å²) < 4.78 is 31.4. The van der Waals surface area contributed by atoms with Crippen LogP contribution in [0.5, 0.6) is 0 Å². The molecule has 6 nitrogen and oxygen atoms in total. The van der Waals surface area contributed by atoms with Crippen LogP contribution in [-0.4, -0.2) is 62.6 Å². The second kappa shape index (κ2) is 8.28. The van der Waals surface area contributed by atoms with Gasteiger partial charge in [-0.15, -0.1) is 0 Å². The molecule has 1 atom stereocenters. The summed E-state index contributed by atoms with van der Waals surface area (Å²) in [5.74, 6) is 0. The fraction of sp³-hybridized carbons (Fsp3) is 0.364. The smallest absolute Gasteiger partial charge is 0.241 e. The van der Waals surface area contributed by atoms with Gasteiger partial charge < -0.3 is 9.47 Å². The van der Waals surface area contributed by atoms with Crippen molar-refractivity contribution in [3.05, 3.63) is 66.5 Å². The fourth-order valence-corrected chi connectivity index (χ4v) is 5.34. The van der Waals surface area contributed by atoms with Crippen LogP contribution < -0.4 is 4.72 Å². The van der Waals surface area contributed by atoms with Gasteiger partial charge in [0, 0.05) is 57.0 Å². The average molecular weight is 413 g/mol. The van der Waals surface area contributed by atoms with Gasteiger partial charge in [-0.1, -0.05) is 36.4 Å². The number of sulfonamides is 1. The van der Waals surface area contributed by atoms with Gasteiger partial charge in [-0.2, -0.15) is 0 Å². The number of rotatable bonds is 6. The van der Waals surface area contributed by atoms with Crippen molar-refractivity contribution >= 4 is 20.8 Å². The highest BCUT2D eigenvalue weighted by molar-refractivity contribution is 7.89. The molecule has 3 aromatic rings. The first-order valence-corrected chi connectivity index (χ1v) is 11.5. The van der Waals surface area contributed by atoms with Crippen LogP contribution in [0.4, 0.5) is 0 Å². The molecule has 0 saturated carbocycles. The summed E-state index contributed by atoms with van der Waals surface area (Å²) >= 11 is 0. The molecule has 1 aliphatic rings. The minimum atomic E-state index is -3.63. The van der Waals surface area contributed by atoms with Crippen molar-refractivity contribution in [3.8, 4) is 0 Å². The molecule has 0 aliphatic carbocycles. The third-order valence-electron chi connectivity index (χ3n) is 5.81. The highest BCUT2D eigenvalue weighted by Gasteiger charge is 2.27. The van der Waals surface area contributed by atoms with Crippen molar-refractivity contribution < 1.29 is 8.42 Å². The third-order valence-corrected chi connectivity index (χ3v) is 7.29. The summed E-state index contributed by atoms with van der Waals surface area (Å²) in [6, 6.07) is 17.1. The highest BCUT2D eigenvalue weighted by atomic mass is 32.2. The maximum absolute atomic E-state index is 13.2. The number of benzene rings is 2. The van der Waals surface area contributed by atoms with Crippen molar-refractivity contribution in [2.24, 2.45) is 7.05 Å². The monoisotopic (exact) mass is 412 g/mol. The Kier molecular flexibility index (Phi) is 5.74. The molecule has 1 aromatic heterocycles. The zero-order valence-electron chi connectivity index (χ0n) is 17.0. The summed E-state index contributed by atoms with van der Waals surface area (Å²) in [5, 5.41) is 1.67. The fourth-order valence-electron chi connectivity index (χ4n) is 4.07. The number of aromatic nitrogens is 1. The van der Waals surface area contributed by atoms with Gasteiger partial charge >= 0.3 is 0 Å². The molecule has 0 spiro atoms. The Labute approximate surface area is 172 Å². The molecule has 0 radical (unpaired) electrons. The number of hydrogen-bond acceptors (Lipinski definition) is 4. The lowest BCUT2D eigenvalue weighted by molar-refractivity contribution is 0.109. The second-order valence-corrected chi connectivity index (χ2v) is 9.46. The van der Waals surface area contributed by atoms with Crippen LogP contribution in [0.1, 0.15) is 11.7 Å². The number of aryl methyl sites for hydroxylation is 1. The van der Waals surface area contributed by atoms with Gasteiger partial charge in [0.25, 0.3) is 0 Å². The van der Waals surface area contributed by atoms with Gasteiger partial charge in [0.1, 0.15) is 0 Å². The largest absolute Gasteiger partial charge is 0.353 e. The molecule has 7 heteroatoms. The van der Waals surface area contributed by atoms with Crippen molar-refractivity contribution in [3.63, 3.8) is 0 Å². The zero-order chi connectivity index (χ0) is 20.4. The number of nitrogens with one attached hydrogen (secondary N) is 1. The van der Waals surface area contributed by atoms with Crippen LogP contribution >= 0.6 is 0 Å². The first kappa shape index (κ1) is 20.1. The standard InChI is InChI=1S/C22H28N4O2S/c1-24-13-15-26(16-14-24)21(20-10-6-12-25(20)2)17-23-29(27,28)22-11-5-8-18-7-3-4-9-19(18)22/h3-12,21,23H,13-17H2,1-2H3. The number of fused-ring (bicyclic) bond motifs is 1. The SMILES string of the molecule is CN1CCN(C(CNS(=O)(=O)c2cccc3ccccc23)c2cccn2C)CC1. The predicted octanol–water partition coefficient (Wildman–Crippen LogP) is 2.45. The lowest BCUT2D eigenvalue weighted by Gasteiger charge is -2.38. The molecule has 1 saturated heterocycles. The normalized spacial score (nSPS) is 17.6. The molecule has 2 aromatic carbocycles. The van der Waals surface area contributed by atoms with Crippen LogP contribution in [0.2, 0.25) is 0 Å². The number of nitrogens with zero attached hydrogens (tertiary/aromatic N) is 3. The van der Waals surface area contributed by atoms with E-state index in [-0.39, 0.29) is 6.04 Å². The summed E-state index contributed by atoms with van der Waals surface area (Å²) in [6.07, 6.45) is 2.01. The predicted molar refractivity (Wildman–Crippen MR) is 116 cm³/mol. The first-order chi connectivity index (χ1) is 14.0. The van der Waals surface area contributed by atoms with Crippen LogP contribution in [-0.2, 0) is 17.1 Å². The highest BCUT2D eigenvalue weighted by Crippen LogP contribution is 2.25. The molecule has 1 aliphatic heterocycles. The van der Waals surface area contributed by atoms with Gasteiger partial charge in [0.2, 0.25) is 10.0 Å². The molecular weight excluding hydrogens is 384 g/mol. The Morgan fingerprint density at radius 2 is 1.66 bits per heavy atom. The maximum atomic E-state index is 13.2. The van der Waals surface area contributed by atoms with E-state index < -0.39 is 10.0 Å². The van der Waals surface area contributed by atoms with Gasteiger partial charge in [0.05, 0.1) is 10.9 Å². The Morgan fingerprint density at radius 3 is 2.38 bits per heavy atom. The molecule has 2 heterocycles. The molecule has 29 heavy (non-hydrogen) atoms. The van der Waals surface area contributed by atoms with Gasteiger partial charge in [0.15, 0.2) is 0 Å². The van der Waals surface area contributed by atoms with Crippen molar-refractivity contribution in [1.29, 1.82) is 0 Å². The summed E-state index contributed by atoms with van der Waals surface area (Å²) in [4.78, 5) is 5.01. The Hall–Kier alpha value is -2.19. The Balaban J connectivity index is 1.60.